The van der Waals surface area contributed by atoms with Crippen LogP contribution in [0.15, 0.2) is 41.2 Å². The van der Waals surface area contributed by atoms with Gasteiger partial charge in [0.15, 0.2) is 0 Å². The van der Waals surface area contributed by atoms with E-state index in [0.29, 0.717) is 41.3 Å². The largest absolute Gasteiger partial charge is 0.453 e. The summed E-state index contributed by atoms with van der Waals surface area (Å²) in [5.74, 6) is -0.510. The minimum absolute atomic E-state index is 0.123. The first-order valence-corrected chi connectivity index (χ1v) is 13.0. The number of piperazine rings is 1. The van der Waals surface area contributed by atoms with Crippen LogP contribution in [0.2, 0.25) is 0 Å². The number of amides is 2. The minimum atomic E-state index is -0.517. The number of methoxy groups -OCH3 is 1. The third kappa shape index (κ3) is 4.72. The zero-order valence-electron chi connectivity index (χ0n) is 22.4. The van der Waals surface area contributed by atoms with Gasteiger partial charge < -0.3 is 29.3 Å². The van der Waals surface area contributed by atoms with E-state index in [1.165, 1.54) is 24.3 Å². The van der Waals surface area contributed by atoms with Crippen molar-refractivity contribution in [1.29, 1.82) is 0 Å². The zero-order valence-corrected chi connectivity index (χ0v) is 22.4. The fraction of sp³-hybridized carbons (Fsp3) is 0.370. The molecule has 0 radical (unpaired) electrons. The van der Waals surface area contributed by atoms with Crippen molar-refractivity contribution in [2.75, 3.05) is 63.6 Å². The van der Waals surface area contributed by atoms with Crippen LogP contribution in [-0.2, 0) is 4.74 Å². The molecule has 2 aliphatic heterocycles. The smallest absolute Gasteiger partial charge is 0.409 e. The number of aromatic nitrogens is 4. The lowest BCUT2D eigenvalue weighted by molar-refractivity contribution is 0.0804. The van der Waals surface area contributed by atoms with Crippen LogP contribution in [0.1, 0.15) is 27.7 Å². The summed E-state index contributed by atoms with van der Waals surface area (Å²) >= 11 is 0. The molecule has 208 valence electrons. The second kappa shape index (κ2) is 10.2. The lowest BCUT2D eigenvalue weighted by Crippen LogP contribution is -2.48. The van der Waals surface area contributed by atoms with Gasteiger partial charge in [0, 0.05) is 56.1 Å². The highest BCUT2D eigenvalue weighted by molar-refractivity contribution is 6.09. The maximum absolute atomic E-state index is 14.9. The first-order valence-electron chi connectivity index (χ1n) is 13.0. The van der Waals surface area contributed by atoms with Gasteiger partial charge in [0.25, 0.3) is 5.91 Å². The van der Waals surface area contributed by atoms with E-state index in [2.05, 4.69) is 37.4 Å². The first kappa shape index (κ1) is 25.7. The van der Waals surface area contributed by atoms with E-state index in [9.17, 15) is 14.0 Å². The summed E-state index contributed by atoms with van der Waals surface area (Å²) in [6.45, 7) is 6.20. The van der Waals surface area contributed by atoms with Crippen molar-refractivity contribution in [1.82, 2.24) is 29.6 Å². The molecule has 1 N–H and O–H groups in total. The maximum atomic E-state index is 14.9. The van der Waals surface area contributed by atoms with Crippen molar-refractivity contribution in [3.63, 3.8) is 0 Å². The molecule has 2 aliphatic rings. The molecule has 5 heterocycles. The number of hydrogen-bond acceptors (Lipinski definition) is 9. The predicted octanol–water partition coefficient (Wildman–Crippen LogP) is 3.00. The van der Waals surface area contributed by atoms with Gasteiger partial charge in [0.2, 0.25) is 11.7 Å². The van der Waals surface area contributed by atoms with Crippen LogP contribution in [0.4, 0.5) is 20.6 Å². The topological polar surface area (TPSA) is 121 Å². The Balaban J connectivity index is 1.19. The van der Waals surface area contributed by atoms with Gasteiger partial charge in [0.05, 0.1) is 42.2 Å². The summed E-state index contributed by atoms with van der Waals surface area (Å²) in [6.07, 6.45) is 3.01. The molecule has 0 unspecified atom stereocenters. The van der Waals surface area contributed by atoms with E-state index >= 15 is 0 Å². The molecular weight excluding hydrogens is 519 g/mol. The molecule has 0 atom stereocenters. The minimum Gasteiger partial charge on any atom is -0.453 e. The van der Waals surface area contributed by atoms with Crippen molar-refractivity contribution in [2.45, 2.75) is 12.8 Å². The summed E-state index contributed by atoms with van der Waals surface area (Å²) in [4.78, 5) is 35.4. The number of anilines is 2. The van der Waals surface area contributed by atoms with Crippen molar-refractivity contribution in [3.05, 3.63) is 59.5 Å². The molecule has 0 bridgehead atoms. The summed E-state index contributed by atoms with van der Waals surface area (Å²) in [6, 6.07) is 6.78. The number of carbonyl (C=O) groups excluding carboxylic acids is 2. The second-order valence-electron chi connectivity index (χ2n) is 10.2. The standard InChI is InChI=1S/C27H29FN8O4/c1-16-21(28)10-17(24-31-26(40-32-24)18-13-35(14-18)27(38)39-3)11-22(16)30-25(37)20-12-29-36-15-19(4-5-23(20)36)34-8-6-33(2)7-9-34/h4-5,10-12,15,18H,6-9,13-14H2,1-3H3,(H,30,37). The normalized spacial score (nSPS) is 16.3. The van der Waals surface area contributed by atoms with E-state index in [1.807, 2.05) is 18.3 Å². The summed E-state index contributed by atoms with van der Waals surface area (Å²) in [7, 11) is 3.43. The van der Waals surface area contributed by atoms with Gasteiger partial charge in [0.1, 0.15) is 5.82 Å². The Bertz CT molecular complexity index is 1590. The van der Waals surface area contributed by atoms with Crippen LogP contribution in [0, 0.1) is 12.7 Å². The Morgan fingerprint density at radius 1 is 1.15 bits per heavy atom. The molecule has 0 spiro atoms. The molecule has 40 heavy (non-hydrogen) atoms. The number of pyridine rings is 1. The lowest BCUT2D eigenvalue weighted by Gasteiger charge is -2.35. The molecule has 4 aromatic rings. The number of fused-ring (bicyclic) bond motifs is 1. The number of likely N-dealkylation sites (tertiary alicyclic amines) is 1. The fourth-order valence-electron chi connectivity index (χ4n) is 4.96. The van der Waals surface area contributed by atoms with Crippen LogP contribution in [-0.4, -0.2) is 95.0 Å². The molecule has 2 fully saturated rings. The van der Waals surface area contributed by atoms with Crippen LogP contribution >= 0.6 is 0 Å². The SMILES string of the molecule is COC(=O)N1CC(c2nc(-c3cc(F)c(C)c(NC(=O)c4cnn5cc(N6CCN(C)CC6)ccc45)c3)no2)C1. The average Bonchev–Trinajstić information content (AvgIpc) is 3.58. The predicted molar refractivity (Wildman–Crippen MR) is 144 cm³/mol. The van der Waals surface area contributed by atoms with E-state index in [0.717, 1.165) is 31.9 Å². The van der Waals surface area contributed by atoms with Gasteiger partial charge in [-0.05, 0) is 38.2 Å². The van der Waals surface area contributed by atoms with Crippen molar-refractivity contribution < 1.29 is 23.2 Å². The van der Waals surface area contributed by atoms with Crippen LogP contribution < -0.4 is 10.2 Å². The number of halogens is 1. The highest BCUT2D eigenvalue weighted by atomic mass is 19.1. The molecule has 2 amide bonds. The van der Waals surface area contributed by atoms with E-state index < -0.39 is 17.8 Å². The third-order valence-corrected chi connectivity index (χ3v) is 7.57. The number of nitrogens with one attached hydrogen (secondary N) is 1. The molecule has 12 nitrogen and oxygen atoms in total. The molecule has 13 heteroatoms. The van der Waals surface area contributed by atoms with Gasteiger partial charge in [-0.15, -0.1) is 0 Å². The van der Waals surface area contributed by atoms with E-state index in [4.69, 9.17) is 9.26 Å². The number of nitrogens with zero attached hydrogens (tertiary/aromatic N) is 7. The Kier molecular flexibility index (Phi) is 6.58. The number of hydrogen-bond donors (Lipinski definition) is 1. The van der Waals surface area contributed by atoms with E-state index in [-0.39, 0.29) is 17.3 Å². The molecule has 0 aliphatic carbocycles. The van der Waals surface area contributed by atoms with E-state index in [1.54, 1.807) is 17.5 Å². The van der Waals surface area contributed by atoms with Gasteiger partial charge in [-0.3, -0.25) is 4.79 Å². The highest BCUT2D eigenvalue weighted by Gasteiger charge is 2.36. The van der Waals surface area contributed by atoms with Gasteiger partial charge in [-0.1, -0.05) is 5.16 Å². The lowest BCUT2D eigenvalue weighted by atomic mass is 10.0. The number of rotatable bonds is 5. The molecular formula is C27H29FN8O4. The highest BCUT2D eigenvalue weighted by Crippen LogP contribution is 2.31. The Labute approximate surface area is 229 Å². The third-order valence-electron chi connectivity index (χ3n) is 7.57. The van der Waals surface area contributed by atoms with Gasteiger partial charge in [-0.25, -0.2) is 13.7 Å². The van der Waals surface area contributed by atoms with Crippen LogP contribution in [0.25, 0.3) is 16.9 Å². The fourth-order valence-corrected chi connectivity index (χ4v) is 4.96. The van der Waals surface area contributed by atoms with Crippen molar-refractivity contribution in [2.24, 2.45) is 0 Å². The molecule has 1 aromatic carbocycles. The number of likely N-dealkylation sites (N-methyl/N-ethyl adjacent to an activating group) is 1. The first-order chi connectivity index (χ1) is 19.3. The Morgan fingerprint density at radius 3 is 2.67 bits per heavy atom. The molecule has 6 rings (SSSR count). The van der Waals surface area contributed by atoms with Crippen molar-refractivity contribution >= 4 is 28.9 Å². The molecule has 0 saturated carbocycles. The zero-order chi connectivity index (χ0) is 28.0. The Morgan fingerprint density at radius 2 is 1.93 bits per heavy atom. The maximum Gasteiger partial charge on any atom is 0.409 e. The summed E-state index contributed by atoms with van der Waals surface area (Å²) in [5, 5.41) is 11.2. The summed E-state index contributed by atoms with van der Waals surface area (Å²) in [5.41, 5.74) is 2.99. The van der Waals surface area contributed by atoms with Crippen molar-refractivity contribution in [3.8, 4) is 11.4 Å². The van der Waals surface area contributed by atoms with Crippen LogP contribution in [0.5, 0.6) is 0 Å². The summed E-state index contributed by atoms with van der Waals surface area (Å²) < 4.78 is 26.7. The quantitative estimate of drug-likeness (QED) is 0.401. The average molecular weight is 549 g/mol. The second-order valence-corrected chi connectivity index (χ2v) is 10.2. The molecule has 2 saturated heterocycles. The monoisotopic (exact) mass is 548 g/mol. The number of ether oxygens (including phenoxy) is 1. The van der Waals surface area contributed by atoms with Gasteiger partial charge >= 0.3 is 6.09 Å². The molecule has 3 aromatic heterocycles. The van der Waals surface area contributed by atoms with Gasteiger partial charge in [-0.2, -0.15) is 10.1 Å². The number of benzene rings is 1. The Hall–Kier alpha value is -4.52. The van der Waals surface area contributed by atoms with Crippen LogP contribution in [0.3, 0.4) is 0 Å². The number of carbonyl (C=O) groups is 2.